The van der Waals surface area contributed by atoms with E-state index in [-0.39, 0.29) is 18.3 Å². The van der Waals surface area contributed by atoms with E-state index in [2.05, 4.69) is 19.2 Å². The number of halogens is 1. The third kappa shape index (κ3) is 5.18. The summed E-state index contributed by atoms with van der Waals surface area (Å²) in [6.45, 7) is 4.86. The quantitative estimate of drug-likeness (QED) is 0.873. The number of nitrogens with zero attached hydrogens (tertiary/aromatic N) is 1. The molecule has 2 aromatic rings. The molecule has 2 aromatic carbocycles. The number of anilines is 1. The van der Waals surface area contributed by atoms with Gasteiger partial charge in [0.2, 0.25) is 5.91 Å². The van der Waals surface area contributed by atoms with Crippen LogP contribution in [0.15, 0.2) is 48.5 Å². The Hall–Kier alpha value is -2.20. The van der Waals surface area contributed by atoms with Crippen molar-refractivity contribution in [3.8, 4) is 0 Å². The highest BCUT2D eigenvalue weighted by molar-refractivity contribution is 5.92. The van der Waals surface area contributed by atoms with Gasteiger partial charge in [0.05, 0.1) is 6.54 Å². The van der Waals surface area contributed by atoms with Crippen LogP contribution in [0, 0.1) is 5.82 Å². The number of rotatable bonds is 6. The fourth-order valence-corrected chi connectivity index (χ4v) is 2.37. The highest BCUT2D eigenvalue weighted by Crippen LogP contribution is 2.17. The van der Waals surface area contributed by atoms with E-state index in [4.69, 9.17) is 0 Å². The number of carbonyl (C=O) groups excluding carboxylic acids is 1. The minimum absolute atomic E-state index is 0.110. The van der Waals surface area contributed by atoms with Gasteiger partial charge in [-0.2, -0.15) is 0 Å². The van der Waals surface area contributed by atoms with Gasteiger partial charge in [0, 0.05) is 17.8 Å². The third-order valence-corrected chi connectivity index (χ3v) is 3.67. The van der Waals surface area contributed by atoms with E-state index in [1.54, 1.807) is 30.1 Å². The average Bonchev–Trinajstić information content (AvgIpc) is 2.50. The predicted octanol–water partition coefficient (Wildman–Crippen LogP) is 4.02. The van der Waals surface area contributed by atoms with Crippen molar-refractivity contribution in [1.29, 1.82) is 0 Å². The summed E-state index contributed by atoms with van der Waals surface area (Å²) in [5.74, 6) is 0.108. The van der Waals surface area contributed by atoms with Crippen molar-refractivity contribution in [2.24, 2.45) is 0 Å². The van der Waals surface area contributed by atoms with Crippen LogP contribution in [0.25, 0.3) is 0 Å². The first-order chi connectivity index (χ1) is 11.0. The van der Waals surface area contributed by atoms with Crippen LogP contribution in [0.3, 0.4) is 0 Å². The van der Waals surface area contributed by atoms with Gasteiger partial charge in [0.15, 0.2) is 0 Å². The Bertz CT molecular complexity index is 653. The predicted molar refractivity (Wildman–Crippen MR) is 91.9 cm³/mol. The van der Waals surface area contributed by atoms with Crippen molar-refractivity contribution in [1.82, 2.24) is 4.90 Å². The standard InChI is InChI=1S/C19H23FN2O/c1-14(2)15-8-10-17(11-9-15)21-19(23)13-22(3)12-16-6-4-5-7-18(16)20/h4-11,14H,12-13H2,1-3H3,(H,21,23). The second-order valence-electron chi connectivity index (χ2n) is 6.09. The monoisotopic (exact) mass is 314 g/mol. The average molecular weight is 314 g/mol. The van der Waals surface area contributed by atoms with Crippen molar-refractivity contribution in [2.75, 3.05) is 18.9 Å². The first kappa shape index (κ1) is 17.2. The van der Waals surface area contributed by atoms with Gasteiger partial charge in [-0.1, -0.05) is 44.2 Å². The van der Waals surface area contributed by atoms with Crippen molar-refractivity contribution in [3.63, 3.8) is 0 Å². The van der Waals surface area contributed by atoms with Gasteiger partial charge in [-0.15, -0.1) is 0 Å². The minimum Gasteiger partial charge on any atom is -0.325 e. The van der Waals surface area contributed by atoms with Crippen LogP contribution in [-0.2, 0) is 11.3 Å². The number of hydrogen-bond donors (Lipinski definition) is 1. The van der Waals surface area contributed by atoms with Crippen LogP contribution >= 0.6 is 0 Å². The summed E-state index contributed by atoms with van der Waals surface area (Å²) in [5, 5.41) is 2.87. The van der Waals surface area contributed by atoms with Crippen LogP contribution in [0.5, 0.6) is 0 Å². The topological polar surface area (TPSA) is 32.3 Å². The number of likely N-dealkylation sites (N-methyl/N-ethyl adjacent to an activating group) is 1. The Labute approximate surface area is 137 Å². The fourth-order valence-electron chi connectivity index (χ4n) is 2.37. The smallest absolute Gasteiger partial charge is 0.238 e. The van der Waals surface area contributed by atoms with Gasteiger partial charge >= 0.3 is 0 Å². The molecule has 0 atom stereocenters. The maximum absolute atomic E-state index is 13.6. The molecular formula is C19H23FN2O. The van der Waals surface area contributed by atoms with Gasteiger partial charge in [0.1, 0.15) is 5.82 Å². The van der Waals surface area contributed by atoms with Crippen molar-refractivity contribution in [3.05, 3.63) is 65.5 Å². The second-order valence-corrected chi connectivity index (χ2v) is 6.09. The Balaban J connectivity index is 1.87. The molecule has 0 aliphatic carbocycles. The van der Waals surface area contributed by atoms with Crippen LogP contribution < -0.4 is 5.32 Å². The summed E-state index contributed by atoms with van der Waals surface area (Å²) in [6.07, 6.45) is 0. The number of amides is 1. The molecule has 122 valence electrons. The van der Waals surface area contributed by atoms with E-state index in [0.717, 1.165) is 5.69 Å². The van der Waals surface area contributed by atoms with Gasteiger partial charge < -0.3 is 5.32 Å². The summed E-state index contributed by atoms with van der Waals surface area (Å²) >= 11 is 0. The summed E-state index contributed by atoms with van der Waals surface area (Å²) < 4.78 is 13.6. The van der Waals surface area contributed by atoms with Gasteiger partial charge in [-0.25, -0.2) is 4.39 Å². The SMILES string of the molecule is CC(C)c1ccc(NC(=O)CN(C)Cc2ccccc2F)cc1. The Kier molecular flexibility index (Phi) is 5.88. The van der Waals surface area contributed by atoms with Crippen LogP contribution in [0.2, 0.25) is 0 Å². The van der Waals surface area contributed by atoms with Crippen LogP contribution in [-0.4, -0.2) is 24.4 Å². The number of carbonyl (C=O) groups is 1. The third-order valence-electron chi connectivity index (χ3n) is 3.67. The highest BCUT2D eigenvalue weighted by Gasteiger charge is 2.10. The molecule has 0 saturated heterocycles. The lowest BCUT2D eigenvalue weighted by Crippen LogP contribution is -2.30. The van der Waals surface area contributed by atoms with Gasteiger partial charge in [0.25, 0.3) is 0 Å². The molecule has 2 rings (SSSR count). The molecular weight excluding hydrogens is 291 g/mol. The Morgan fingerprint density at radius 2 is 1.78 bits per heavy atom. The summed E-state index contributed by atoms with van der Waals surface area (Å²) in [6, 6.07) is 14.5. The zero-order valence-corrected chi connectivity index (χ0v) is 13.8. The van der Waals surface area contributed by atoms with E-state index in [1.165, 1.54) is 11.6 Å². The van der Waals surface area contributed by atoms with E-state index >= 15 is 0 Å². The lowest BCUT2D eigenvalue weighted by Gasteiger charge is -2.17. The zero-order chi connectivity index (χ0) is 16.8. The maximum atomic E-state index is 13.6. The van der Waals surface area contributed by atoms with Crippen molar-refractivity contribution in [2.45, 2.75) is 26.3 Å². The zero-order valence-electron chi connectivity index (χ0n) is 13.8. The van der Waals surface area contributed by atoms with Crippen LogP contribution in [0.4, 0.5) is 10.1 Å². The summed E-state index contributed by atoms with van der Waals surface area (Å²) in [4.78, 5) is 13.9. The molecule has 0 aliphatic rings. The minimum atomic E-state index is -0.246. The number of benzene rings is 2. The number of hydrogen-bond acceptors (Lipinski definition) is 2. The summed E-state index contributed by atoms with van der Waals surface area (Å²) in [7, 11) is 1.80. The Morgan fingerprint density at radius 3 is 2.39 bits per heavy atom. The van der Waals surface area contributed by atoms with E-state index in [1.807, 2.05) is 24.3 Å². The number of nitrogens with one attached hydrogen (secondary N) is 1. The second kappa shape index (κ2) is 7.88. The lowest BCUT2D eigenvalue weighted by molar-refractivity contribution is -0.117. The van der Waals surface area contributed by atoms with Gasteiger partial charge in [-0.05, 0) is 36.7 Å². The normalized spacial score (nSPS) is 11.0. The molecule has 0 aliphatic heterocycles. The largest absolute Gasteiger partial charge is 0.325 e. The molecule has 0 unspecified atom stereocenters. The molecule has 1 N–H and O–H groups in total. The molecule has 0 fully saturated rings. The first-order valence-corrected chi connectivity index (χ1v) is 7.77. The van der Waals surface area contributed by atoms with E-state index < -0.39 is 0 Å². The fraction of sp³-hybridized carbons (Fsp3) is 0.316. The molecule has 0 saturated carbocycles. The molecule has 0 heterocycles. The molecule has 0 radical (unpaired) electrons. The first-order valence-electron chi connectivity index (χ1n) is 7.77. The van der Waals surface area contributed by atoms with E-state index in [0.29, 0.717) is 18.0 Å². The highest BCUT2D eigenvalue weighted by atomic mass is 19.1. The molecule has 0 aromatic heterocycles. The molecule has 1 amide bonds. The van der Waals surface area contributed by atoms with Crippen LogP contribution in [0.1, 0.15) is 30.9 Å². The van der Waals surface area contributed by atoms with Gasteiger partial charge in [-0.3, -0.25) is 9.69 Å². The molecule has 0 spiro atoms. The lowest BCUT2D eigenvalue weighted by atomic mass is 10.0. The Morgan fingerprint density at radius 1 is 1.13 bits per heavy atom. The van der Waals surface area contributed by atoms with E-state index in [9.17, 15) is 9.18 Å². The van der Waals surface area contributed by atoms with Crippen molar-refractivity contribution >= 4 is 11.6 Å². The molecule has 23 heavy (non-hydrogen) atoms. The maximum Gasteiger partial charge on any atom is 0.238 e. The molecule has 4 heteroatoms. The molecule has 3 nitrogen and oxygen atoms in total. The molecule has 0 bridgehead atoms. The van der Waals surface area contributed by atoms with Crippen molar-refractivity contribution < 1.29 is 9.18 Å². The summed E-state index contributed by atoms with van der Waals surface area (Å²) in [5.41, 5.74) is 2.60.